The smallest absolute Gasteiger partial charge is 0.416 e. The molecule has 2 N–H and O–H groups in total. The van der Waals surface area contributed by atoms with Crippen LogP contribution >= 0.6 is 0 Å². The zero-order valence-corrected chi connectivity index (χ0v) is 27.4. The normalized spacial score (nSPS) is 13.4. The molecular formula is C33H38N6O6S. The van der Waals surface area contributed by atoms with Gasteiger partial charge in [-0.25, -0.2) is 42.8 Å². The van der Waals surface area contributed by atoms with Crippen LogP contribution in [0.25, 0.3) is 11.4 Å². The van der Waals surface area contributed by atoms with Gasteiger partial charge in [-0.05, 0) is 62.1 Å². The first kappa shape index (κ1) is 34.1. The van der Waals surface area contributed by atoms with E-state index in [0.29, 0.717) is 5.82 Å². The molecule has 0 saturated heterocycles. The SMILES string of the molecule is CC(C)(C)OC(=O)N(c1cccc(C(NCc2ccc(-c3ncccn3)cc2)S(=O)(=O)c2ccccn2)n1)C(C(=O)O)C(C)(C)C. The molecule has 4 rings (SSSR count). The fraction of sp³-hybridized carbons (Fsp3) is 0.333. The minimum absolute atomic E-state index is 0.0315. The van der Waals surface area contributed by atoms with Crippen LogP contribution in [-0.4, -0.2) is 57.2 Å². The summed E-state index contributed by atoms with van der Waals surface area (Å²) >= 11 is 0. The van der Waals surface area contributed by atoms with E-state index in [1.165, 1.54) is 30.5 Å². The summed E-state index contributed by atoms with van der Waals surface area (Å²) in [5.74, 6) is -0.793. The first-order valence-electron chi connectivity index (χ1n) is 14.5. The van der Waals surface area contributed by atoms with Crippen molar-refractivity contribution in [2.75, 3.05) is 4.90 Å². The Morgan fingerprint density at radius 3 is 2.09 bits per heavy atom. The lowest BCUT2D eigenvalue weighted by atomic mass is 9.85. The van der Waals surface area contributed by atoms with Gasteiger partial charge in [0.2, 0.25) is 9.84 Å². The molecule has 0 radical (unpaired) electrons. The predicted molar refractivity (Wildman–Crippen MR) is 172 cm³/mol. The highest BCUT2D eigenvalue weighted by Crippen LogP contribution is 2.32. The monoisotopic (exact) mass is 646 g/mol. The summed E-state index contributed by atoms with van der Waals surface area (Å²) in [6.07, 6.45) is 3.74. The van der Waals surface area contributed by atoms with Crippen molar-refractivity contribution in [2.45, 2.75) is 70.1 Å². The number of carboxylic acid groups (broad SMARTS) is 1. The molecule has 0 fully saturated rings. The number of hydrogen-bond acceptors (Lipinski definition) is 10. The van der Waals surface area contributed by atoms with E-state index in [9.17, 15) is 23.1 Å². The van der Waals surface area contributed by atoms with Crippen molar-refractivity contribution < 1.29 is 27.9 Å². The minimum Gasteiger partial charge on any atom is -0.480 e. The van der Waals surface area contributed by atoms with Gasteiger partial charge in [0.05, 0.1) is 5.69 Å². The highest BCUT2D eigenvalue weighted by molar-refractivity contribution is 7.91. The number of aromatic nitrogens is 4. The Hall–Kier alpha value is -4.75. The van der Waals surface area contributed by atoms with E-state index in [-0.39, 0.29) is 23.1 Å². The summed E-state index contributed by atoms with van der Waals surface area (Å²) in [6, 6.07) is 16.7. The van der Waals surface area contributed by atoms with Crippen molar-refractivity contribution in [3.63, 3.8) is 0 Å². The summed E-state index contributed by atoms with van der Waals surface area (Å²) in [6.45, 7) is 10.2. The lowest BCUT2D eigenvalue weighted by Gasteiger charge is -2.37. The number of amides is 1. The summed E-state index contributed by atoms with van der Waals surface area (Å²) in [4.78, 5) is 44.2. The number of ether oxygens (including phenoxy) is 1. The maximum atomic E-state index is 14.0. The molecule has 2 atom stereocenters. The Morgan fingerprint density at radius 1 is 0.870 bits per heavy atom. The maximum Gasteiger partial charge on any atom is 0.416 e. The van der Waals surface area contributed by atoms with Crippen LogP contribution in [0.4, 0.5) is 10.6 Å². The first-order chi connectivity index (χ1) is 21.6. The lowest BCUT2D eigenvalue weighted by Crippen LogP contribution is -2.54. The van der Waals surface area contributed by atoms with E-state index in [4.69, 9.17) is 4.74 Å². The number of nitrogens with zero attached hydrogens (tertiary/aromatic N) is 5. The van der Waals surface area contributed by atoms with Gasteiger partial charge in [-0.2, -0.15) is 0 Å². The van der Waals surface area contributed by atoms with E-state index in [1.54, 1.807) is 72.1 Å². The number of benzene rings is 1. The number of sulfone groups is 1. The van der Waals surface area contributed by atoms with Gasteiger partial charge in [-0.15, -0.1) is 0 Å². The topological polar surface area (TPSA) is 165 Å². The van der Waals surface area contributed by atoms with Crippen molar-refractivity contribution in [2.24, 2.45) is 5.41 Å². The molecule has 242 valence electrons. The molecule has 0 aliphatic rings. The average Bonchev–Trinajstić information content (AvgIpc) is 2.99. The predicted octanol–water partition coefficient (Wildman–Crippen LogP) is 5.44. The standard InChI is InChI=1S/C33H38N6O6S/c1-32(2,3)27(30(40)41)39(31(42)45-33(4,5)6)25-12-9-11-24(38-25)29(46(43,44)26-13-7-8-18-34-26)37-21-22-14-16-23(17-15-22)28-35-19-10-20-36-28/h7-20,27,29,37H,21H2,1-6H3,(H,40,41). The van der Waals surface area contributed by atoms with Crippen molar-refractivity contribution in [1.82, 2.24) is 25.3 Å². The number of pyridine rings is 2. The van der Waals surface area contributed by atoms with Gasteiger partial charge in [-0.1, -0.05) is 57.2 Å². The number of nitrogens with one attached hydrogen (secondary N) is 1. The van der Waals surface area contributed by atoms with Gasteiger partial charge < -0.3 is 9.84 Å². The number of carbonyl (C=O) groups is 2. The number of rotatable bonds is 10. The van der Waals surface area contributed by atoms with Crippen LogP contribution in [0.15, 0.2) is 90.3 Å². The van der Waals surface area contributed by atoms with E-state index in [2.05, 4.69) is 25.3 Å². The Balaban J connectivity index is 1.76. The Bertz CT molecular complexity index is 1760. The van der Waals surface area contributed by atoms with Gasteiger partial charge in [0.1, 0.15) is 17.5 Å². The second-order valence-corrected chi connectivity index (χ2v) is 14.6. The fourth-order valence-corrected chi connectivity index (χ4v) is 6.14. The van der Waals surface area contributed by atoms with E-state index < -0.39 is 44.3 Å². The van der Waals surface area contributed by atoms with Crippen molar-refractivity contribution in [3.8, 4) is 11.4 Å². The molecule has 0 aliphatic heterocycles. The Labute approximate surface area is 268 Å². The molecule has 3 heterocycles. The van der Waals surface area contributed by atoms with Crippen LogP contribution in [-0.2, 0) is 25.9 Å². The molecule has 13 heteroatoms. The number of carboxylic acids is 1. The Morgan fingerprint density at radius 2 is 1.52 bits per heavy atom. The number of aliphatic carboxylic acids is 1. The van der Waals surface area contributed by atoms with Gasteiger partial charge >= 0.3 is 12.1 Å². The molecular weight excluding hydrogens is 608 g/mol. The average molecular weight is 647 g/mol. The third-order valence-corrected chi connectivity index (χ3v) is 8.54. The quantitative estimate of drug-likeness (QED) is 0.225. The fourth-order valence-electron chi connectivity index (χ4n) is 4.67. The Kier molecular flexibility index (Phi) is 10.2. The largest absolute Gasteiger partial charge is 0.480 e. The summed E-state index contributed by atoms with van der Waals surface area (Å²) < 4.78 is 33.6. The molecule has 0 bridgehead atoms. The van der Waals surface area contributed by atoms with Crippen molar-refractivity contribution in [1.29, 1.82) is 0 Å². The van der Waals surface area contributed by atoms with E-state index in [0.717, 1.165) is 16.0 Å². The third-order valence-electron chi connectivity index (χ3n) is 6.68. The number of carbonyl (C=O) groups excluding carboxylic acids is 1. The zero-order valence-electron chi connectivity index (χ0n) is 26.6. The van der Waals surface area contributed by atoms with Crippen LogP contribution in [0.1, 0.15) is 58.2 Å². The van der Waals surface area contributed by atoms with Crippen LogP contribution in [0.2, 0.25) is 0 Å². The third kappa shape index (κ3) is 8.29. The zero-order chi connectivity index (χ0) is 33.7. The highest BCUT2D eigenvalue weighted by atomic mass is 32.2. The lowest BCUT2D eigenvalue weighted by molar-refractivity contribution is -0.141. The van der Waals surface area contributed by atoms with E-state index in [1.807, 2.05) is 24.3 Å². The first-order valence-corrected chi connectivity index (χ1v) is 16.1. The number of hydrogen-bond donors (Lipinski definition) is 2. The second kappa shape index (κ2) is 13.7. The van der Waals surface area contributed by atoms with Crippen LogP contribution < -0.4 is 10.2 Å². The van der Waals surface area contributed by atoms with Gasteiger partial charge in [0, 0.05) is 30.7 Å². The molecule has 0 spiro atoms. The highest BCUT2D eigenvalue weighted by Gasteiger charge is 2.43. The van der Waals surface area contributed by atoms with E-state index >= 15 is 0 Å². The summed E-state index contributed by atoms with van der Waals surface area (Å²) in [7, 11) is -4.19. The molecule has 1 aromatic carbocycles. The van der Waals surface area contributed by atoms with Crippen LogP contribution in [0.3, 0.4) is 0 Å². The van der Waals surface area contributed by atoms with Gasteiger partial charge in [0.15, 0.2) is 16.2 Å². The van der Waals surface area contributed by atoms with Crippen LogP contribution in [0, 0.1) is 5.41 Å². The summed E-state index contributed by atoms with van der Waals surface area (Å²) in [5.41, 5.74) is -0.294. The van der Waals surface area contributed by atoms with Crippen molar-refractivity contribution >= 4 is 27.7 Å². The molecule has 4 aromatic rings. The molecule has 0 saturated carbocycles. The molecule has 12 nitrogen and oxygen atoms in total. The molecule has 46 heavy (non-hydrogen) atoms. The second-order valence-electron chi connectivity index (χ2n) is 12.6. The maximum absolute atomic E-state index is 14.0. The van der Waals surface area contributed by atoms with Crippen LogP contribution in [0.5, 0.6) is 0 Å². The summed E-state index contributed by atoms with van der Waals surface area (Å²) in [5, 5.41) is 11.7. The molecule has 1 amide bonds. The van der Waals surface area contributed by atoms with Gasteiger partial charge in [0.25, 0.3) is 0 Å². The van der Waals surface area contributed by atoms with Crippen molar-refractivity contribution in [3.05, 3.63) is 96.6 Å². The molecule has 0 aliphatic carbocycles. The molecule has 3 aromatic heterocycles. The number of anilines is 1. The molecule has 2 unspecified atom stereocenters. The minimum atomic E-state index is -4.19. The van der Waals surface area contributed by atoms with Gasteiger partial charge in [-0.3, -0.25) is 5.32 Å².